The van der Waals surface area contributed by atoms with Crippen molar-refractivity contribution in [2.75, 3.05) is 4.90 Å². The highest BCUT2D eigenvalue weighted by atomic mass is 16.3. The maximum Gasteiger partial charge on any atom is 0.143 e. The fourth-order valence-corrected chi connectivity index (χ4v) is 7.80. The van der Waals surface area contributed by atoms with Crippen molar-refractivity contribution >= 4 is 49.8 Å². The summed E-state index contributed by atoms with van der Waals surface area (Å²) in [7, 11) is 0. The third kappa shape index (κ3) is 5.71. The molecule has 0 saturated heterocycles. The topological polar surface area (TPSA) is 16.4 Å². The quantitative estimate of drug-likeness (QED) is 0.166. The lowest BCUT2D eigenvalue weighted by Crippen LogP contribution is -2.10. The van der Waals surface area contributed by atoms with E-state index in [9.17, 15) is 0 Å². The van der Waals surface area contributed by atoms with Crippen LogP contribution in [0.2, 0.25) is 0 Å². The number of nitrogens with zero attached hydrogens (tertiary/aromatic N) is 1. The van der Waals surface area contributed by atoms with Crippen LogP contribution in [0.1, 0.15) is 0 Å². The fourth-order valence-electron chi connectivity index (χ4n) is 7.80. The van der Waals surface area contributed by atoms with Crippen molar-refractivity contribution in [3.63, 3.8) is 0 Å². The molecule has 0 aliphatic rings. The van der Waals surface area contributed by atoms with Crippen LogP contribution in [-0.4, -0.2) is 0 Å². The van der Waals surface area contributed by atoms with Crippen LogP contribution < -0.4 is 4.90 Å². The molecule has 54 heavy (non-hydrogen) atoms. The van der Waals surface area contributed by atoms with Gasteiger partial charge < -0.3 is 9.32 Å². The smallest absolute Gasteiger partial charge is 0.143 e. The summed E-state index contributed by atoms with van der Waals surface area (Å²) in [6.07, 6.45) is 0. The van der Waals surface area contributed by atoms with Gasteiger partial charge in [0.25, 0.3) is 0 Å². The lowest BCUT2D eigenvalue weighted by Gasteiger charge is -2.27. The molecule has 2 heteroatoms. The second-order valence-electron chi connectivity index (χ2n) is 13.7. The van der Waals surface area contributed by atoms with Crippen LogP contribution in [-0.2, 0) is 0 Å². The predicted octanol–water partition coefficient (Wildman–Crippen LogP) is 14.9. The summed E-state index contributed by atoms with van der Waals surface area (Å²) in [4.78, 5) is 2.38. The van der Waals surface area contributed by atoms with Gasteiger partial charge in [-0.05, 0) is 104 Å². The summed E-state index contributed by atoms with van der Waals surface area (Å²) in [6, 6.07) is 75.9. The Balaban J connectivity index is 1.19. The molecule has 0 fully saturated rings. The van der Waals surface area contributed by atoms with Gasteiger partial charge in [-0.3, -0.25) is 0 Å². The van der Waals surface area contributed by atoms with E-state index in [1.165, 1.54) is 27.6 Å². The molecule has 0 saturated carbocycles. The van der Waals surface area contributed by atoms with Crippen molar-refractivity contribution in [3.8, 4) is 44.5 Å². The number of fused-ring (bicyclic) bond motifs is 5. The van der Waals surface area contributed by atoms with Crippen LogP contribution in [0.15, 0.2) is 217 Å². The summed E-state index contributed by atoms with van der Waals surface area (Å²) < 4.78 is 6.64. The minimum atomic E-state index is 0.885. The second-order valence-corrected chi connectivity index (χ2v) is 13.7. The van der Waals surface area contributed by atoms with Gasteiger partial charge in [0.15, 0.2) is 0 Å². The molecule has 1 heterocycles. The molecule has 0 spiro atoms. The maximum absolute atomic E-state index is 6.64. The zero-order valence-electron chi connectivity index (χ0n) is 29.6. The van der Waals surface area contributed by atoms with Crippen molar-refractivity contribution < 1.29 is 4.42 Å². The van der Waals surface area contributed by atoms with Crippen LogP contribution in [0, 0.1) is 0 Å². The van der Waals surface area contributed by atoms with Crippen molar-refractivity contribution in [2.45, 2.75) is 0 Å². The Morgan fingerprint density at radius 2 is 0.833 bits per heavy atom. The van der Waals surface area contributed by atoms with Gasteiger partial charge in [0, 0.05) is 33.2 Å². The summed E-state index contributed by atoms with van der Waals surface area (Å²) in [5, 5.41) is 4.54. The molecule has 2 nitrogen and oxygen atoms in total. The Labute approximate surface area is 314 Å². The monoisotopic (exact) mass is 689 g/mol. The van der Waals surface area contributed by atoms with Gasteiger partial charge in [0.2, 0.25) is 0 Å². The summed E-state index contributed by atoms with van der Waals surface area (Å²) in [5.74, 6) is 0. The average molecular weight is 690 g/mol. The molecule has 0 bridgehead atoms. The maximum atomic E-state index is 6.64. The lowest BCUT2D eigenvalue weighted by atomic mass is 9.94. The molecule has 0 aliphatic heterocycles. The van der Waals surface area contributed by atoms with Gasteiger partial charge in [-0.25, -0.2) is 0 Å². The van der Waals surface area contributed by atoms with E-state index in [1.54, 1.807) is 0 Å². The highest BCUT2D eigenvalue weighted by Gasteiger charge is 2.19. The fraction of sp³-hybridized carbons (Fsp3) is 0. The molecule has 254 valence electrons. The molecule has 0 aliphatic carbocycles. The van der Waals surface area contributed by atoms with Gasteiger partial charge in [0.05, 0.1) is 0 Å². The molecule has 0 N–H and O–H groups in total. The molecule has 0 radical (unpaired) electrons. The number of furan rings is 1. The van der Waals surface area contributed by atoms with E-state index in [-0.39, 0.29) is 0 Å². The van der Waals surface area contributed by atoms with Crippen LogP contribution >= 0.6 is 0 Å². The van der Waals surface area contributed by atoms with E-state index < -0.39 is 0 Å². The standard InChI is InChI=1S/C52H35NO/c1-4-13-36(14-5-1)39-23-28-44(29-24-39)53(45-30-25-40(26-31-45)37-15-6-2-7-16-37)46-34-42(38-17-8-3-9-18-38)33-43(35-46)47-21-12-22-50-51(47)49-32-27-41-19-10-11-20-48(41)52(49)54-50/h1-35H. The molecular formula is C52H35NO. The molecule has 9 aromatic carbocycles. The third-order valence-corrected chi connectivity index (χ3v) is 10.4. The van der Waals surface area contributed by atoms with Gasteiger partial charge in [-0.2, -0.15) is 0 Å². The highest BCUT2D eigenvalue weighted by Crippen LogP contribution is 2.44. The Morgan fingerprint density at radius 3 is 1.44 bits per heavy atom. The SMILES string of the molecule is c1ccc(-c2ccc(N(c3ccc(-c4ccccc4)cc3)c3cc(-c4ccccc4)cc(-c4cccc5oc6c7ccccc7ccc6c45)c3)cc2)cc1. The Hall–Kier alpha value is -7.16. The molecule has 10 rings (SSSR count). The van der Waals surface area contributed by atoms with Crippen LogP contribution in [0.3, 0.4) is 0 Å². The Bertz CT molecular complexity index is 2810. The van der Waals surface area contributed by atoms with Gasteiger partial charge in [0.1, 0.15) is 11.2 Å². The minimum Gasteiger partial charge on any atom is -0.455 e. The van der Waals surface area contributed by atoms with Gasteiger partial charge in [-0.1, -0.05) is 158 Å². The minimum absolute atomic E-state index is 0.885. The molecular weight excluding hydrogens is 655 g/mol. The van der Waals surface area contributed by atoms with Crippen LogP contribution in [0.25, 0.3) is 77.2 Å². The normalized spacial score (nSPS) is 11.3. The van der Waals surface area contributed by atoms with E-state index in [0.717, 1.165) is 66.6 Å². The lowest BCUT2D eigenvalue weighted by molar-refractivity contribution is 0.673. The Morgan fingerprint density at radius 1 is 0.315 bits per heavy atom. The van der Waals surface area contributed by atoms with Crippen molar-refractivity contribution in [3.05, 3.63) is 212 Å². The largest absolute Gasteiger partial charge is 0.455 e. The number of hydrogen-bond acceptors (Lipinski definition) is 2. The van der Waals surface area contributed by atoms with E-state index in [0.29, 0.717) is 0 Å². The van der Waals surface area contributed by atoms with E-state index in [4.69, 9.17) is 4.42 Å². The first-order chi connectivity index (χ1) is 26.8. The van der Waals surface area contributed by atoms with Crippen molar-refractivity contribution in [1.82, 2.24) is 0 Å². The first-order valence-electron chi connectivity index (χ1n) is 18.4. The average Bonchev–Trinajstić information content (AvgIpc) is 3.65. The summed E-state index contributed by atoms with van der Waals surface area (Å²) in [5.41, 5.74) is 14.4. The van der Waals surface area contributed by atoms with Crippen molar-refractivity contribution in [1.29, 1.82) is 0 Å². The first kappa shape index (κ1) is 31.6. The predicted molar refractivity (Wildman–Crippen MR) is 228 cm³/mol. The number of benzene rings is 9. The molecule has 10 aromatic rings. The number of rotatable bonds is 7. The van der Waals surface area contributed by atoms with Crippen LogP contribution in [0.4, 0.5) is 17.1 Å². The molecule has 1 aromatic heterocycles. The first-order valence-corrected chi connectivity index (χ1v) is 18.4. The van der Waals surface area contributed by atoms with E-state index >= 15 is 0 Å². The van der Waals surface area contributed by atoms with Gasteiger partial charge in [-0.15, -0.1) is 0 Å². The molecule has 0 unspecified atom stereocenters. The molecule has 0 atom stereocenters. The van der Waals surface area contributed by atoms with Crippen molar-refractivity contribution in [2.24, 2.45) is 0 Å². The zero-order valence-corrected chi connectivity index (χ0v) is 29.6. The van der Waals surface area contributed by atoms with Crippen LogP contribution in [0.5, 0.6) is 0 Å². The molecule has 0 amide bonds. The number of anilines is 3. The van der Waals surface area contributed by atoms with E-state index in [1.807, 2.05) is 0 Å². The second kappa shape index (κ2) is 13.4. The summed E-state index contributed by atoms with van der Waals surface area (Å²) in [6.45, 7) is 0. The summed E-state index contributed by atoms with van der Waals surface area (Å²) >= 11 is 0. The third-order valence-electron chi connectivity index (χ3n) is 10.4. The van der Waals surface area contributed by atoms with E-state index in [2.05, 4.69) is 217 Å². The highest BCUT2D eigenvalue weighted by molar-refractivity contribution is 6.19. The van der Waals surface area contributed by atoms with Gasteiger partial charge >= 0.3 is 0 Å². The zero-order chi connectivity index (χ0) is 35.8. The number of hydrogen-bond donors (Lipinski definition) is 0. The Kier molecular flexibility index (Phi) is 7.85.